The molecule has 3 heterocycles. The van der Waals surface area contributed by atoms with Crippen LogP contribution in [0.3, 0.4) is 0 Å². The third-order valence-corrected chi connectivity index (χ3v) is 6.68. The molecule has 0 radical (unpaired) electrons. The topological polar surface area (TPSA) is 70.3 Å². The van der Waals surface area contributed by atoms with Crippen molar-refractivity contribution in [1.82, 2.24) is 24.6 Å². The number of benzene rings is 1. The van der Waals surface area contributed by atoms with Gasteiger partial charge in [0.05, 0.1) is 24.2 Å². The zero-order valence-electron chi connectivity index (χ0n) is 20.6. The predicted octanol–water partition coefficient (Wildman–Crippen LogP) is 3.85. The second-order valence-electron chi connectivity index (χ2n) is 9.51. The van der Waals surface area contributed by atoms with Crippen LogP contribution in [0.15, 0.2) is 36.8 Å². The number of piperidine rings is 1. The van der Waals surface area contributed by atoms with Gasteiger partial charge in [-0.15, -0.1) is 0 Å². The second kappa shape index (κ2) is 10.6. The van der Waals surface area contributed by atoms with Crippen LogP contribution < -0.4 is 4.90 Å². The Kier molecular flexibility index (Phi) is 7.58. The highest BCUT2D eigenvalue weighted by Crippen LogP contribution is 2.27. The molecule has 8 heteroatoms. The van der Waals surface area contributed by atoms with Gasteiger partial charge in [0.25, 0.3) is 0 Å². The molecule has 0 saturated carbocycles. The summed E-state index contributed by atoms with van der Waals surface area (Å²) in [6.45, 7) is 8.63. The van der Waals surface area contributed by atoms with Gasteiger partial charge in [-0.1, -0.05) is 6.07 Å². The standard InChI is InChI=1S/C26H35FN6O/c1-18(2)33-17-21(16-29-33)26-19(3)15-28-25(30-26)14-20-5-6-24(23(27)13-20)32-9-7-22(8-10-32)31(4)11-12-34/h5-6,13,15-18,22,34H,7-12,14H2,1-4H3. The van der Waals surface area contributed by atoms with Crippen molar-refractivity contribution in [2.75, 3.05) is 38.2 Å². The maximum Gasteiger partial charge on any atom is 0.146 e. The van der Waals surface area contributed by atoms with Crippen LogP contribution in [-0.2, 0) is 6.42 Å². The van der Waals surface area contributed by atoms with Crippen LogP contribution in [0.1, 0.15) is 49.7 Å². The van der Waals surface area contributed by atoms with Crippen LogP contribution in [0.2, 0.25) is 0 Å². The van der Waals surface area contributed by atoms with Crippen molar-refractivity contribution < 1.29 is 9.50 Å². The summed E-state index contributed by atoms with van der Waals surface area (Å²) in [4.78, 5) is 13.6. The monoisotopic (exact) mass is 466 g/mol. The normalized spacial score (nSPS) is 15.0. The summed E-state index contributed by atoms with van der Waals surface area (Å²) < 4.78 is 17.0. The van der Waals surface area contributed by atoms with E-state index in [0.29, 0.717) is 30.5 Å². The number of aromatic nitrogens is 4. The van der Waals surface area contributed by atoms with E-state index >= 15 is 4.39 Å². The highest BCUT2D eigenvalue weighted by atomic mass is 19.1. The maximum absolute atomic E-state index is 15.1. The lowest BCUT2D eigenvalue weighted by atomic mass is 10.0. The van der Waals surface area contributed by atoms with Crippen molar-refractivity contribution in [3.8, 4) is 11.3 Å². The summed E-state index contributed by atoms with van der Waals surface area (Å²) in [5.41, 5.74) is 4.32. The minimum Gasteiger partial charge on any atom is -0.395 e. The van der Waals surface area contributed by atoms with Gasteiger partial charge in [0, 0.05) is 56.1 Å². The molecule has 7 nitrogen and oxygen atoms in total. The van der Waals surface area contributed by atoms with Crippen molar-refractivity contribution in [2.24, 2.45) is 0 Å². The number of halogens is 1. The molecule has 0 unspecified atom stereocenters. The van der Waals surface area contributed by atoms with Crippen LogP contribution in [0, 0.1) is 12.7 Å². The Labute approximate surface area is 201 Å². The fourth-order valence-electron chi connectivity index (χ4n) is 4.59. The largest absolute Gasteiger partial charge is 0.395 e. The number of hydrogen-bond acceptors (Lipinski definition) is 6. The fraction of sp³-hybridized carbons (Fsp3) is 0.500. The van der Waals surface area contributed by atoms with Crippen LogP contribution in [0.5, 0.6) is 0 Å². The number of rotatable bonds is 8. The first-order chi connectivity index (χ1) is 16.4. The molecule has 182 valence electrons. The minimum atomic E-state index is -0.204. The van der Waals surface area contributed by atoms with E-state index in [9.17, 15) is 0 Å². The summed E-state index contributed by atoms with van der Waals surface area (Å²) in [6.07, 6.45) is 8.06. The smallest absolute Gasteiger partial charge is 0.146 e. The highest BCUT2D eigenvalue weighted by Gasteiger charge is 2.24. The second-order valence-corrected chi connectivity index (χ2v) is 9.51. The Bertz CT molecular complexity index is 1110. The lowest BCUT2D eigenvalue weighted by Crippen LogP contribution is -2.44. The molecular formula is C26H35FN6O. The van der Waals surface area contributed by atoms with Gasteiger partial charge in [-0.2, -0.15) is 5.10 Å². The first-order valence-electron chi connectivity index (χ1n) is 12.1. The lowest BCUT2D eigenvalue weighted by molar-refractivity contribution is 0.161. The van der Waals surface area contributed by atoms with Crippen LogP contribution in [0.4, 0.5) is 10.1 Å². The molecule has 1 saturated heterocycles. The van der Waals surface area contributed by atoms with Crippen molar-refractivity contribution in [1.29, 1.82) is 0 Å². The van der Waals surface area contributed by atoms with Gasteiger partial charge in [-0.3, -0.25) is 4.68 Å². The van der Waals surface area contributed by atoms with Crippen molar-refractivity contribution >= 4 is 5.69 Å². The van der Waals surface area contributed by atoms with E-state index in [1.807, 2.05) is 49.4 Å². The van der Waals surface area contributed by atoms with Gasteiger partial charge >= 0.3 is 0 Å². The van der Waals surface area contributed by atoms with Gasteiger partial charge in [-0.25, -0.2) is 14.4 Å². The summed E-state index contributed by atoms with van der Waals surface area (Å²) in [7, 11) is 2.04. The number of aryl methyl sites for hydroxylation is 1. The molecule has 1 aliphatic heterocycles. The predicted molar refractivity (Wildman–Crippen MR) is 133 cm³/mol. The molecule has 0 aliphatic carbocycles. The summed E-state index contributed by atoms with van der Waals surface area (Å²) in [5, 5.41) is 13.6. The average molecular weight is 467 g/mol. The average Bonchev–Trinajstić information content (AvgIpc) is 3.31. The summed E-state index contributed by atoms with van der Waals surface area (Å²) >= 11 is 0. The highest BCUT2D eigenvalue weighted by molar-refractivity contribution is 5.60. The van der Waals surface area contributed by atoms with Crippen molar-refractivity contribution in [2.45, 2.75) is 52.1 Å². The van der Waals surface area contributed by atoms with Crippen LogP contribution >= 0.6 is 0 Å². The molecule has 34 heavy (non-hydrogen) atoms. The van der Waals surface area contributed by atoms with Crippen molar-refractivity contribution in [3.05, 3.63) is 59.6 Å². The van der Waals surface area contributed by atoms with E-state index in [4.69, 9.17) is 10.1 Å². The molecular weight excluding hydrogens is 431 g/mol. The third kappa shape index (κ3) is 5.45. The molecule has 2 aromatic heterocycles. The van der Waals surface area contributed by atoms with Gasteiger partial charge in [-0.05, 0) is 63.9 Å². The molecule has 0 bridgehead atoms. The molecule has 4 rings (SSSR count). The third-order valence-electron chi connectivity index (χ3n) is 6.68. The Balaban J connectivity index is 1.45. The van der Waals surface area contributed by atoms with Gasteiger partial charge in [0.1, 0.15) is 11.6 Å². The van der Waals surface area contributed by atoms with E-state index in [2.05, 4.69) is 33.7 Å². The Morgan fingerprint density at radius 1 is 1.21 bits per heavy atom. The number of anilines is 1. The van der Waals surface area contributed by atoms with Crippen LogP contribution in [0.25, 0.3) is 11.3 Å². The van der Waals surface area contributed by atoms with E-state index in [-0.39, 0.29) is 18.5 Å². The number of likely N-dealkylation sites (N-methyl/N-ethyl adjacent to an activating group) is 1. The Hall–Kier alpha value is -2.84. The lowest BCUT2D eigenvalue weighted by Gasteiger charge is -2.37. The van der Waals surface area contributed by atoms with E-state index < -0.39 is 0 Å². The van der Waals surface area contributed by atoms with Gasteiger partial charge in [0.2, 0.25) is 0 Å². The number of nitrogens with zero attached hydrogens (tertiary/aromatic N) is 6. The van der Waals surface area contributed by atoms with E-state index in [1.165, 1.54) is 0 Å². The van der Waals surface area contributed by atoms with E-state index in [0.717, 1.165) is 48.3 Å². The molecule has 0 amide bonds. The molecule has 1 fully saturated rings. The molecule has 3 aromatic rings. The number of hydrogen-bond donors (Lipinski definition) is 1. The summed E-state index contributed by atoms with van der Waals surface area (Å²) in [6, 6.07) is 6.18. The molecule has 1 N–H and O–H groups in total. The van der Waals surface area contributed by atoms with Crippen LogP contribution in [-0.4, -0.2) is 69.1 Å². The summed E-state index contributed by atoms with van der Waals surface area (Å²) in [5.74, 6) is 0.461. The number of aliphatic hydroxyl groups excluding tert-OH is 1. The molecule has 1 aromatic carbocycles. The molecule has 1 aliphatic rings. The number of aliphatic hydroxyl groups is 1. The van der Waals surface area contributed by atoms with E-state index in [1.54, 1.807) is 6.07 Å². The zero-order valence-corrected chi connectivity index (χ0v) is 20.6. The Morgan fingerprint density at radius 2 is 1.97 bits per heavy atom. The minimum absolute atomic E-state index is 0.167. The first-order valence-corrected chi connectivity index (χ1v) is 12.1. The quantitative estimate of drug-likeness (QED) is 0.544. The van der Waals surface area contributed by atoms with Gasteiger partial charge in [0.15, 0.2) is 0 Å². The Morgan fingerprint density at radius 3 is 2.62 bits per heavy atom. The van der Waals surface area contributed by atoms with Gasteiger partial charge < -0.3 is 14.9 Å². The maximum atomic E-state index is 15.1. The molecule has 0 atom stereocenters. The zero-order chi connectivity index (χ0) is 24.2. The SMILES string of the molecule is Cc1cnc(Cc2ccc(N3CCC(N(C)CCO)CC3)c(F)c2)nc1-c1cnn(C(C)C)c1. The molecule has 0 spiro atoms. The first kappa shape index (κ1) is 24.3. The van der Waals surface area contributed by atoms with Crippen molar-refractivity contribution in [3.63, 3.8) is 0 Å². The fourth-order valence-corrected chi connectivity index (χ4v) is 4.59.